The molecule has 14 heavy (non-hydrogen) atoms. The van der Waals surface area contributed by atoms with E-state index in [0.29, 0.717) is 0 Å². The molecule has 7 nitrogen and oxygen atoms in total. The molecule has 0 aliphatic carbocycles. The van der Waals surface area contributed by atoms with E-state index in [4.69, 9.17) is 10.2 Å². The first-order chi connectivity index (χ1) is 6.52. The third-order valence-corrected chi connectivity index (χ3v) is 1.81. The Morgan fingerprint density at radius 1 is 1.00 bits per heavy atom. The van der Waals surface area contributed by atoms with E-state index >= 15 is 0 Å². The molecule has 80 valence electrons. The van der Waals surface area contributed by atoms with Gasteiger partial charge in [-0.3, -0.25) is 9.59 Å². The van der Waals surface area contributed by atoms with Gasteiger partial charge in [-0.25, -0.2) is 0 Å². The van der Waals surface area contributed by atoms with Crippen molar-refractivity contribution < 1.29 is 33.4 Å². The third kappa shape index (κ3) is 9.05. The Morgan fingerprint density at radius 3 is 1.64 bits per heavy atom. The van der Waals surface area contributed by atoms with Gasteiger partial charge < -0.3 is 10.2 Å². The van der Waals surface area contributed by atoms with Crippen molar-refractivity contribution in [3.8, 4) is 0 Å². The highest BCUT2D eigenvalue weighted by molar-refractivity contribution is 7.33. The zero-order valence-corrected chi connectivity index (χ0v) is 8.11. The van der Waals surface area contributed by atoms with Crippen LogP contribution in [0.1, 0.15) is 12.8 Å². The van der Waals surface area contributed by atoms with E-state index in [2.05, 4.69) is 9.05 Å². The second-order valence-electron chi connectivity index (χ2n) is 2.18. The molecule has 0 spiro atoms. The fraction of sp³-hybridized carbons (Fsp3) is 0.667. The Balaban J connectivity index is 3.37. The van der Waals surface area contributed by atoms with Gasteiger partial charge in [0.05, 0.1) is 12.8 Å². The summed E-state index contributed by atoms with van der Waals surface area (Å²) < 4.78 is 19.6. The van der Waals surface area contributed by atoms with Gasteiger partial charge in [0.1, 0.15) is 13.2 Å². The monoisotopic (exact) mass is 225 g/mol. The van der Waals surface area contributed by atoms with Crippen LogP contribution in [-0.4, -0.2) is 35.4 Å². The number of hydrogen-bond acceptors (Lipinski definition) is 5. The standard InChI is InChI=1S/C6H9O7P/c7-5(8)1-3-12-14(11)13-4-2-6(9)10/h1-4H2,(H-,7,8,9,10)/p+1. The van der Waals surface area contributed by atoms with Crippen molar-refractivity contribution >= 4 is 20.2 Å². The molecular weight excluding hydrogens is 215 g/mol. The summed E-state index contributed by atoms with van der Waals surface area (Å²) in [6.45, 7) is -0.449. The van der Waals surface area contributed by atoms with Crippen LogP contribution in [0.4, 0.5) is 0 Å². The Hall–Kier alpha value is -1.04. The van der Waals surface area contributed by atoms with Crippen molar-refractivity contribution in [1.82, 2.24) is 0 Å². The van der Waals surface area contributed by atoms with E-state index < -0.39 is 20.2 Å². The Morgan fingerprint density at radius 2 is 1.36 bits per heavy atom. The van der Waals surface area contributed by atoms with Crippen LogP contribution in [0.15, 0.2) is 0 Å². The van der Waals surface area contributed by atoms with Gasteiger partial charge in [-0.2, -0.15) is 0 Å². The highest BCUT2D eigenvalue weighted by atomic mass is 31.1. The minimum Gasteiger partial charge on any atom is -0.481 e. The molecule has 0 amide bonds. The fourth-order valence-electron chi connectivity index (χ4n) is 0.452. The Kier molecular flexibility index (Phi) is 6.82. The maximum atomic E-state index is 10.7. The minimum absolute atomic E-state index is 0.225. The van der Waals surface area contributed by atoms with Crippen LogP contribution >= 0.6 is 8.25 Å². The summed E-state index contributed by atoms with van der Waals surface area (Å²) in [5, 5.41) is 16.4. The molecule has 0 bridgehead atoms. The van der Waals surface area contributed by atoms with Crippen molar-refractivity contribution in [1.29, 1.82) is 0 Å². The lowest BCUT2D eigenvalue weighted by molar-refractivity contribution is -0.138. The summed E-state index contributed by atoms with van der Waals surface area (Å²) in [5.74, 6) is -2.14. The normalized spacial score (nSPS) is 9.71. The van der Waals surface area contributed by atoms with Gasteiger partial charge in [-0.05, 0) is 0 Å². The van der Waals surface area contributed by atoms with Crippen LogP contribution in [0, 0.1) is 0 Å². The smallest absolute Gasteiger partial charge is 0.481 e. The van der Waals surface area contributed by atoms with Crippen molar-refractivity contribution in [2.45, 2.75) is 12.8 Å². The zero-order chi connectivity index (χ0) is 11.0. The van der Waals surface area contributed by atoms with Gasteiger partial charge in [0.15, 0.2) is 0 Å². The summed E-state index contributed by atoms with van der Waals surface area (Å²) in [7, 11) is -2.42. The van der Waals surface area contributed by atoms with E-state index in [9.17, 15) is 14.2 Å². The number of rotatable bonds is 8. The second-order valence-corrected chi connectivity index (χ2v) is 3.14. The largest absolute Gasteiger partial charge is 0.697 e. The summed E-state index contributed by atoms with van der Waals surface area (Å²) in [6.07, 6.45) is -0.549. The summed E-state index contributed by atoms with van der Waals surface area (Å²) in [4.78, 5) is 20.0. The number of carboxylic acids is 2. The van der Waals surface area contributed by atoms with Gasteiger partial charge >= 0.3 is 20.2 Å². The third-order valence-electron chi connectivity index (χ3n) is 1.03. The van der Waals surface area contributed by atoms with Crippen LogP contribution < -0.4 is 0 Å². The number of aliphatic carboxylic acids is 2. The summed E-state index contributed by atoms with van der Waals surface area (Å²) >= 11 is 0. The van der Waals surface area contributed by atoms with Gasteiger partial charge in [0.2, 0.25) is 0 Å². The first-order valence-corrected chi connectivity index (χ1v) is 4.78. The molecule has 0 aliphatic heterocycles. The maximum absolute atomic E-state index is 10.7. The molecule has 0 fully saturated rings. The Labute approximate surface area is 80.6 Å². The van der Waals surface area contributed by atoms with Crippen LogP contribution in [0.2, 0.25) is 0 Å². The molecule has 8 heteroatoms. The predicted molar refractivity (Wildman–Crippen MR) is 44.0 cm³/mol. The van der Waals surface area contributed by atoms with E-state index in [1.54, 1.807) is 0 Å². The number of hydrogen-bond donors (Lipinski definition) is 2. The van der Waals surface area contributed by atoms with Crippen LogP contribution in [0.3, 0.4) is 0 Å². The number of carbonyl (C=O) groups is 2. The molecule has 0 aromatic heterocycles. The topological polar surface area (TPSA) is 110 Å². The highest BCUT2D eigenvalue weighted by Crippen LogP contribution is 2.23. The minimum atomic E-state index is -2.42. The summed E-state index contributed by atoms with van der Waals surface area (Å²) in [6, 6.07) is 0. The van der Waals surface area contributed by atoms with Crippen LogP contribution in [-0.2, 0) is 23.2 Å². The van der Waals surface area contributed by atoms with Crippen molar-refractivity contribution in [3.05, 3.63) is 0 Å². The van der Waals surface area contributed by atoms with Crippen molar-refractivity contribution in [2.24, 2.45) is 0 Å². The SMILES string of the molecule is O=C(O)CCO[P+](=O)OCCC(=O)O. The van der Waals surface area contributed by atoms with Gasteiger partial charge in [-0.15, -0.1) is 9.05 Å². The lowest BCUT2D eigenvalue weighted by atomic mass is 10.5. The highest BCUT2D eigenvalue weighted by Gasteiger charge is 2.20. The summed E-state index contributed by atoms with van der Waals surface area (Å²) in [5.41, 5.74) is 0. The van der Waals surface area contributed by atoms with Crippen LogP contribution in [0.5, 0.6) is 0 Å². The van der Waals surface area contributed by atoms with E-state index in [1.807, 2.05) is 0 Å². The Bertz CT molecular complexity index is 204. The van der Waals surface area contributed by atoms with E-state index in [0.717, 1.165) is 0 Å². The van der Waals surface area contributed by atoms with Crippen LogP contribution in [0.25, 0.3) is 0 Å². The average Bonchev–Trinajstić information content (AvgIpc) is 2.02. The molecule has 0 aromatic rings. The van der Waals surface area contributed by atoms with Gasteiger partial charge in [-0.1, -0.05) is 0 Å². The zero-order valence-electron chi connectivity index (χ0n) is 7.21. The molecule has 0 radical (unpaired) electrons. The number of carboxylic acid groups (broad SMARTS) is 2. The quantitative estimate of drug-likeness (QED) is 0.582. The van der Waals surface area contributed by atoms with Crippen molar-refractivity contribution in [3.63, 3.8) is 0 Å². The molecule has 2 N–H and O–H groups in total. The molecule has 0 rings (SSSR count). The molecule has 0 saturated carbocycles. The lowest BCUT2D eigenvalue weighted by Crippen LogP contribution is -2.01. The van der Waals surface area contributed by atoms with E-state index in [1.165, 1.54) is 0 Å². The molecule has 0 heterocycles. The first kappa shape index (κ1) is 13.0. The first-order valence-electron chi connectivity index (χ1n) is 3.69. The molecule has 0 atom stereocenters. The maximum Gasteiger partial charge on any atom is 0.697 e. The van der Waals surface area contributed by atoms with Gasteiger partial charge in [0, 0.05) is 4.57 Å². The van der Waals surface area contributed by atoms with Gasteiger partial charge in [0.25, 0.3) is 0 Å². The fourth-order valence-corrected chi connectivity index (χ4v) is 1.01. The molecule has 0 aromatic carbocycles. The molecule has 0 aliphatic rings. The van der Waals surface area contributed by atoms with Crippen molar-refractivity contribution in [2.75, 3.05) is 13.2 Å². The molecule has 0 unspecified atom stereocenters. The van der Waals surface area contributed by atoms with E-state index in [-0.39, 0.29) is 26.1 Å². The molecule has 0 saturated heterocycles. The molecular formula is C6H10O7P+. The average molecular weight is 225 g/mol. The lowest BCUT2D eigenvalue weighted by Gasteiger charge is -1.89. The second kappa shape index (κ2) is 7.37. The predicted octanol–water partition coefficient (Wildman–Crippen LogP) is 0.626.